The molecular formula is C17H26N2O2. The molecule has 2 rings (SSSR count). The van der Waals surface area contributed by atoms with E-state index in [-0.39, 0.29) is 10.6 Å². The van der Waals surface area contributed by atoms with E-state index in [9.17, 15) is 10.1 Å². The summed E-state index contributed by atoms with van der Waals surface area (Å²) in [4.78, 5) is 10.7. The zero-order chi connectivity index (χ0) is 15.2. The Morgan fingerprint density at radius 1 is 1.29 bits per heavy atom. The predicted octanol–water partition coefficient (Wildman–Crippen LogP) is 4.35. The van der Waals surface area contributed by atoms with Gasteiger partial charge in [-0.2, -0.15) is 0 Å². The molecule has 0 radical (unpaired) electrons. The van der Waals surface area contributed by atoms with Crippen LogP contribution in [0.4, 0.5) is 5.69 Å². The Bertz CT molecular complexity index is 488. The van der Waals surface area contributed by atoms with Gasteiger partial charge in [0.25, 0.3) is 5.69 Å². The van der Waals surface area contributed by atoms with Gasteiger partial charge in [-0.3, -0.25) is 10.1 Å². The van der Waals surface area contributed by atoms with Crippen molar-refractivity contribution in [2.24, 2.45) is 5.92 Å². The number of hydrogen-bond acceptors (Lipinski definition) is 3. The first kappa shape index (κ1) is 16.0. The van der Waals surface area contributed by atoms with Crippen LogP contribution in [0.5, 0.6) is 0 Å². The number of hydrogen-bond donors (Lipinski definition) is 1. The second kappa shape index (κ2) is 7.55. The maximum atomic E-state index is 11.0. The highest BCUT2D eigenvalue weighted by Crippen LogP contribution is 2.26. The first-order valence-electron chi connectivity index (χ1n) is 8.08. The van der Waals surface area contributed by atoms with Crippen LogP contribution < -0.4 is 5.32 Å². The summed E-state index contributed by atoms with van der Waals surface area (Å²) in [7, 11) is 0. The summed E-state index contributed by atoms with van der Waals surface area (Å²) in [5.41, 5.74) is 2.05. The number of nitro benzene ring substituents is 1. The van der Waals surface area contributed by atoms with Crippen LogP contribution in [0.25, 0.3) is 0 Å². The normalized spacial score (nSPS) is 22.8. The molecule has 1 N–H and O–H groups in total. The van der Waals surface area contributed by atoms with E-state index in [4.69, 9.17) is 0 Å². The number of benzene rings is 1. The van der Waals surface area contributed by atoms with Crippen molar-refractivity contribution in [2.75, 3.05) is 0 Å². The molecular weight excluding hydrogens is 264 g/mol. The van der Waals surface area contributed by atoms with Crippen LogP contribution in [0.2, 0.25) is 0 Å². The van der Waals surface area contributed by atoms with E-state index in [1.807, 2.05) is 13.0 Å². The highest BCUT2D eigenvalue weighted by molar-refractivity contribution is 5.44. The lowest BCUT2D eigenvalue weighted by molar-refractivity contribution is -0.385. The standard InChI is InChI=1S/C17H26N2O2/c1-3-14-6-4-8-16(11-10-14)18-12-15-7-5-9-17(13(15)2)19(20)21/h5,7,9,14,16,18H,3-4,6,8,10-12H2,1-2H3. The van der Waals surface area contributed by atoms with Gasteiger partial charge in [0.05, 0.1) is 4.92 Å². The fraction of sp³-hybridized carbons (Fsp3) is 0.647. The van der Waals surface area contributed by atoms with E-state index in [0.29, 0.717) is 6.04 Å². The topological polar surface area (TPSA) is 55.2 Å². The van der Waals surface area contributed by atoms with Crippen LogP contribution in [-0.4, -0.2) is 11.0 Å². The van der Waals surface area contributed by atoms with Crippen LogP contribution >= 0.6 is 0 Å². The second-order valence-corrected chi connectivity index (χ2v) is 6.18. The number of rotatable bonds is 5. The quantitative estimate of drug-likeness (QED) is 0.498. The van der Waals surface area contributed by atoms with Gasteiger partial charge in [0.15, 0.2) is 0 Å². The Hall–Kier alpha value is -1.42. The van der Waals surface area contributed by atoms with Crippen LogP contribution in [-0.2, 0) is 6.54 Å². The largest absolute Gasteiger partial charge is 0.310 e. The van der Waals surface area contributed by atoms with Crippen LogP contribution in [0.3, 0.4) is 0 Å². The molecule has 0 spiro atoms. The predicted molar refractivity (Wildman–Crippen MR) is 85.3 cm³/mol. The third-order valence-corrected chi connectivity index (χ3v) is 4.86. The molecule has 21 heavy (non-hydrogen) atoms. The monoisotopic (exact) mass is 290 g/mol. The Kier molecular flexibility index (Phi) is 5.74. The molecule has 0 aromatic heterocycles. The maximum Gasteiger partial charge on any atom is 0.272 e. The summed E-state index contributed by atoms with van der Waals surface area (Å²) in [6.45, 7) is 4.86. The summed E-state index contributed by atoms with van der Waals surface area (Å²) in [6.07, 6.45) is 7.70. The van der Waals surface area contributed by atoms with Crippen molar-refractivity contribution in [1.82, 2.24) is 5.32 Å². The van der Waals surface area contributed by atoms with E-state index >= 15 is 0 Å². The molecule has 1 aromatic carbocycles. The molecule has 2 unspecified atom stereocenters. The summed E-state index contributed by atoms with van der Waals surface area (Å²) in [6, 6.07) is 5.90. The van der Waals surface area contributed by atoms with Crippen molar-refractivity contribution < 1.29 is 4.92 Å². The van der Waals surface area contributed by atoms with Crippen LogP contribution in [0.15, 0.2) is 18.2 Å². The van der Waals surface area contributed by atoms with Gasteiger partial charge in [-0.05, 0) is 37.7 Å². The second-order valence-electron chi connectivity index (χ2n) is 6.18. The van der Waals surface area contributed by atoms with E-state index in [1.54, 1.807) is 12.1 Å². The lowest BCUT2D eigenvalue weighted by Crippen LogP contribution is -2.28. The molecule has 1 saturated carbocycles. The van der Waals surface area contributed by atoms with E-state index in [2.05, 4.69) is 12.2 Å². The molecule has 2 atom stereocenters. The van der Waals surface area contributed by atoms with Gasteiger partial charge in [-0.1, -0.05) is 38.3 Å². The van der Waals surface area contributed by atoms with Gasteiger partial charge in [0, 0.05) is 24.2 Å². The Balaban J connectivity index is 1.94. The summed E-state index contributed by atoms with van der Waals surface area (Å²) < 4.78 is 0. The minimum atomic E-state index is -0.295. The highest BCUT2D eigenvalue weighted by atomic mass is 16.6. The van der Waals surface area contributed by atoms with Gasteiger partial charge in [-0.15, -0.1) is 0 Å². The SMILES string of the molecule is CCC1CCCC(NCc2cccc([N+](=O)[O-])c2C)CC1. The summed E-state index contributed by atoms with van der Waals surface area (Å²) >= 11 is 0. The third kappa shape index (κ3) is 4.27. The van der Waals surface area contributed by atoms with Gasteiger partial charge >= 0.3 is 0 Å². The smallest absolute Gasteiger partial charge is 0.272 e. The van der Waals surface area contributed by atoms with Crippen molar-refractivity contribution >= 4 is 5.69 Å². The fourth-order valence-electron chi connectivity index (χ4n) is 3.30. The van der Waals surface area contributed by atoms with E-state index in [1.165, 1.54) is 38.5 Å². The van der Waals surface area contributed by atoms with Crippen LogP contribution in [0.1, 0.15) is 56.6 Å². The first-order valence-corrected chi connectivity index (χ1v) is 8.08. The molecule has 1 aromatic rings. The van der Waals surface area contributed by atoms with Gasteiger partial charge < -0.3 is 5.32 Å². The van der Waals surface area contributed by atoms with Gasteiger partial charge in [-0.25, -0.2) is 0 Å². The zero-order valence-corrected chi connectivity index (χ0v) is 13.1. The third-order valence-electron chi connectivity index (χ3n) is 4.86. The van der Waals surface area contributed by atoms with Gasteiger partial charge in [0.1, 0.15) is 0 Å². The molecule has 1 aliphatic carbocycles. The van der Waals surface area contributed by atoms with E-state index < -0.39 is 0 Å². The zero-order valence-electron chi connectivity index (χ0n) is 13.1. The molecule has 0 saturated heterocycles. The molecule has 0 amide bonds. The average molecular weight is 290 g/mol. The lowest BCUT2D eigenvalue weighted by Gasteiger charge is -2.17. The number of nitro groups is 1. The van der Waals surface area contributed by atoms with Crippen molar-refractivity contribution in [3.63, 3.8) is 0 Å². The molecule has 4 heteroatoms. The molecule has 1 aliphatic rings. The molecule has 4 nitrogen and oxygen atoms in total. The van der Waals surface area contributed by atoms with Gasteiger partial charge in [0.2, 0.25) is 0 Å². The van der Waals surface area contributed by atoms with Crippen molar-refractivity contribution in [3.8, 4) is 0 Å². The van der Waals surface area contributed by atoms with Crippen molar-refractivity contribution in [3.05, 3.63) is 39.4 Å². The number of nitrogens with one attached hydrogen (secondary N) is 1. The Morgan fingerprint density at radius 2 is 2.10 bits per heavy atom. The molecule has 0 aliphatic heterocycles. The molecule has 0 heterocycles. The molecule has 116 valence electrons. The van der Waals surface area contributed by atoms with Crippen molar-refractivity contribution in [1.29, 1.82) is 0 Å². The first-order chi connectivity index (χ1) is 10.1. The minimum absolute atomic E-state index is 0.223. The number of nitrogens with zero attached hydrogens (tertiary/aromatic N) is 1. The highest BCUT2D eigenvalue weighted by Gasteiger charge is 2.18. The summed E-state index contributed by atoms with van der Waals surface area (Å²) in [5.74, 6) is 0.886. The average Bonchev–Trinajstić information content (AvgIpc) is 2.71. The molecule has 1 fully saturated rings. The molecule has 0 bridgehead atoms. The minimum Gasteiger partial charge on any atom is -0.310 e. The fourth-order valence-corrected chi connectivity index (χ4v) is 3.30. The van der Waals surface area contributed by atoms with E-state index in [0.717, 1.165) is 23.6 Å². The Labute approximate surface area is 127 Å². The maximum absolute atomic E-state index is 11.0. The Morgan fingerprint density at radius 3 is 2.81 bits per heavy atom. The van der Waals surface area contributed by atoms with Crippen molar-refractivity contribution in [2.45, 2.75) is 65.0 Å². The van der Waals surface area contributed by atoms with Crippen LogP contribution in [0, 0.1) is 23.0 Å². The lowest BCUT2D eigenvalue weighted by atomic mass is 9.98. The summed E-state index contributed by atoms with van der Waals surface area (Å²) in [5, 5.41) is 14.6.